The van der Waals surface area contributed by atoms with E-state index in [1.54, 1.807) is 55.6 Å². The predicted molar refractivity (Wildman–Crippen MR) is 166 cm³/mol. The quantitative estimate of drug-likeness (QED) is 0.231. The SMILES string of the molecule is COC(=O)Cc1cccc(NC(=O)NCC(=O)[N+](C)(c2ccccc2OCC(=O)N(C)c2c(F)cccc2F)C2CCCC2)c1. The van der Waals surface area contributed by atoms with Gasteiger partial charge in [-0.25, -0.2) is 22.9 Å². The monoisotopic (exact) mass is 623 g/mol. The zero-order chi connectivity index (χ0) is 32.6. The number of para-hydroxylation sites is 3. The molecular formula is C33H37F2N4O6+. The van der Waals surface area contributed by atoms with Gasteiger partial charge >= 0.3 is 17.9 Å². The van der Waals surface area contributed by atoms with Gasteiger partial charge in [0, 0.05) is 31.6 Å². The maximum Gasteiger partial charge on any atom is 0.338 e. The van der Waals surface area contributed by atoms with Gasteiger partial charge in [0.15, 0.2) is 18.0 Å². The van der Waals surface area contributed by atoms with Crippen molar-refractivity contribution in [2.75, 3.05) is 44.6 Å². The lowest BCUT2D eigenvalue weighted by molar-refractivity contribution is -0.139. The van der Waals surface area contributed by atoms with Gasteiger partial charge in [0.1, 0.15) is 29.9 Å². The molecule has 238 valence electrons. The molecule has 4 amide bonds. The largest absolute Gasteiger partial charge is 0.477 e. The van der Waals surface area contributed by atoms with Gasteiger partial charge in [-0.2, -0.15) is 0 Å². The van der Waals surface area contributed by atoms with Crippen molar-refractivity contribution in [2.45, 2.75) is 38.1 Å². The number of halogens is 2. The highest BCUT2D eigenvalue weighted by Crippen LogP contribution is 2.39. The van der Waals surface area contributed by atoms with Crippen molar-refractivity contribution >= 4 is 40.9 Å². The molecule has 0 radical (unpaired) electrons. The molecule has 0 saturated heterocycles. The third-order valence-corrected chi connectivity index (χ3v) is 8.10. The van der Waals surface area contributed by atoms with Crippen molar-refractivity contribution in [3.8, 4) is 5.75 Å². The summed E-state index contributed by atoms with van der Waals surface area (Å²) in [6.45, 7) is -0.834. The van der Waals surface area contributed by atoms with Crippen molar-refractivity contribution in [3.63, 3.8) is 0 Å². The Morgan fingerprint density at radius 3 is 2.31 bits per heavy atom. The number of benzene rings is 3. The molecule has 12 heteroatoms. The highest BCUT2D eigenvalue weighted by Gasteiger charge is 2.45. The molecule has 1 aliphatic rings. The van der Waals surface area contributed by atoms with E-state index in [1.165, 1.54) is 20.2 Å². The van der Waals surface area contributed by atoms with Crippen molar-refractivity contribution in [1.82, 2.24) is 9.80 Å². The number of hydrogen-bond donors (Lipinski definition) is 2. The summed E-state index contributed by atoms with van der Waals surface area (Å²) >= 11 is 0. The molecule has 3 aromatic rings. The van der Waals surface area contributed by atoms with Crippen LogP contribution in [0, 0.1) is 11.6 Å². The zero-order valence-electron chi connectivity index (χ0n) is 25.5. The minimum atomic E-state index is -0.882. The second kappa shape index (κ2) is 14.8. The summed E-state index contributed by atoms with van der Waals surface area (Å²) in [6.07, 6.45) is 3.45. The number of amides is 4. The van der Waals surface area contributed by atoms with Gasteiger partial charge < -0.3 is 25.0 Å². The smallest absolute Gasteiger partial charge is 0.338 e. The van der Waals surface area contributed by atoms with Gasteiger partial charge in [-0.3, -0.25) is 9.59 Å². The Balaban J connectivity index is 1.48. The summed E-state index contributed by atoms with van der Waals surface area (Å²) in [5, 5.41) is 5.32. The van der Waals surface area contributed by atoms with Gasteiger partial charge in [-0.05, 0) is 48.7 Å². The molecule has 45 heavy (non-hydrogen) atoms. The van der Waals surface area contributed by atoms with E-state index in [4.69, 9.17) is 9.47 Å². The number of likely N-dealkylation sites (N-methyl/N-ethyl adjacent to an activating group) is 2. The van der Waals surface area contributed by atoms with E-state index in [0.717, 1.165) is 42.7 Å². The lowest BCUT2D eigenvalue weighted by Crippen LogP contribution is -2.60. The molecule has 3 aromatic carbocycles. The van der Waals surface area contributed by atoms with Crippen LogP contribution in [-0.2, 0) is 25.5 Å². The molecule has 1 saturated carbocycles. The third kappa shape index (κ3) is 7.82. The Morgan fingerprint density at radius 2 is 1.62 bits per heavy atom. The Hall–Kier alpha value is -4.84. The number of nitrogens with zero attached hydrogens (tertiary/aromatic N) is 2. The fourth-order valence-corrected chi connectivity index (χ4v) is 5.58. The molecule has 0 bridgehead atoms. The first-order chi connectivity index (χ1) is 21.5. The van der Waals surface area contributed by atoms with Crippen LogP contribution in [0.5, 0.6) is 5.75 Å². The molecule has 0 aliphatic heterocycles. The van der Waals surface area contributed by atoms with Gasteiger partial charge in [-0.15, -0.1) is 0 Å². The predicted octanol–water partition coefficient (Wildman–Crippen LogP) is 4.95. The second-order valence-electron chi connectivity index (χ2n) is 10.9. The van der Waals surface area contributed by atoms with E-state index in [0.29, 0.717) is 16.9 Å². The number of urea groups is 1. The van der Waals surface area contributed by atoms with Crippen LogP contribution in [0.3, 0.4) is 0 Å². The summed E-state index contributed by atoms with van der Waals surface area (Å²) in [5.74, 6) is -2.90. The Morgan fingerprint density at radius 1 is 0.956 bits per heavy atom. The van der Waals surface area contributed by atoms with E-state index in [2.05, 4.69) is 10.6 Å². The van der Waals surface area contributed by atoms with Crippen LogP contribution >= 0.6 is 0 Å². The van der Waals surface area contributed by atoms with E-state index in [-0.39, 0.29) is 35.1 Å². The number of rotatable bonds is 11. The van der Waals surface area contributed by atoms with Crippen LogP contribution in [0.25, 0.3) is 0 Å². The maximum absolute atomic E-state index is 14.3. The first-order valence-corrected chi connectivity index (χ1v) is 14.6. The van der Waals surface area contributed by atoms with E-state index in [1.807, 2.05) is 0 Å². The molecule has 4 rings (SSSR count). The Labute approximate surface area is 260 Å². The maximum atomic E-state index is 14.3. The fraction of sp³-hybridized carbons (Fsp3) is 0.333. The van der Waals surface area contributed by atoms with Gasteiger partial charge in [-0.1, -0.05) is 30.3 Å². The standard InChI is InChI=1S/C33H36F2N4O6/c1-38(32-25(34)14-9-15-26(32)35)29(40)21-45-28-17-7-6-16-27(28)39(2,24-12-4-5-13-24)30(41)20-36-33(43)37-23-11-8-10-22(18-23)19-31(42)44-3/h6-11,14-18,24H,4-5,12-13,19-21H2,1-3H3,(H-,36,37,43)/p+1. The number of quaternary nitrogens is 1. The molecular weight excluding hydrogens is 586 g/mol. The molecule has 1 aliphatic carbocycles. The van der Waals surface area contributed by atoms with Crippen molar-refractivity contribution in [2.24, 2.45) is 0 Å². The van der Waals surface area contributed by atoms with Crippen LogP contribution < -0.4 is 24.8 Å². The highest BCUT2D eigenvalue weighted by molar-refractivity contribution is 5.97. The number of carbonyl (C=O) groups excluding carboxylic acids is 4. The van der Waals surface area contributed by atoms with Gasteiger partial charge in [0.2, 0.25) is 0 Å². The number of anilines is 2. The number of esters is 1. The first kappa shape index (κ1) is 33.1. The lowest BCUT2D eigenvalue weighted by Gasteiger charge is -2.37. The van der Waals surface area contributed by atoms with Crippen molar-refractivity contribution in [1.29, 1.82) is 0 Å². The Kier molecular flexibility index (Phi) is 10.8. The van der Waals surface area contributed by atoms with Crippen LogP contribution in [-0.4, -0.2) is 64.2 Å². The van der Waals surface area contributed by atoms with Crippen molar-refractivity contribution < 1.29 is 37.4 Å². The topological polar surface area (TPSA) is 114 Å². The lowest BCUT2D eigenvalue weighted by atomic mass is 10.1. The molecule has 2 N–H and O–H groups in total. The minimum absolute atomic E-state index is 0.0484. The first-order valence-electron chi connectivity index (χ1n) is 14.6. The molecule has 1 atom stereocenters. The van der Waals surface area contributed by atoms with E-state index < -0.39 is 41.8 Å². The molecule has 10 nitrogen and oxygen atoms in total. The average molecular weight is 624 g/mol. The molecule has 0 spiro atoms. The molecule has 0 aromatic heterocycles. The highest BCUT2D eigenvalue weighted by atomic mass is 19.1. The number of hydrogen-bond acceptors (Lipinski definition) is 6. The molecule has 1 unspecified atom stereocenters. The molecule has 0 heterocycles. The normalized spacial score (nSPS) is 14.2. The van der Waals surface area contributed by atoms with E-state index >= 15 is 0 Å². The van der Waals surface area contributed by atoms with Crippen molar-refractivity contribution in [3.05, 3.63) is 83.9 Å². The number of carbonyl (C=O) groups is 4. The molecule has 1 fully saturated rings. The Bertz CT molecular complexity index is 1540. The van der Waals surface area contributed by atoms with Gasteiger partial charge in [0.05, 0.1) is 20.6 Å². The average Bonchev–Trinajstić information content (AvgIpc) is 3.58. The summed E-state index contributed by atoms with van der Waals surface area (Å²) in [7, 11) is 4.32. The summed E-state index contributed by atoms with van der Waals surface area (Å²) in [4.78, 5) is 52.1. The van der Waals surface area contributed by atoms with Crippen LogP contribution in [0.4, 0.5) is 30.6 Å². The van der Waals surface area contributed by atoms with Crippen LogP contribution in [0.1, 0.15) is 31.2 Å². The number of methoxy groups -OCH3 is 1. The number of ether oxygens (including phenoxy) is 2. The summed E-state index contributed by atoms with van der Waals surface area (Å²) in [6, 6.07) is 16.2. The van der Waals surface area contributed by atoms with Gasteiger partial charge in [0.25, 0.3) is 5.91 Å². The minimum Gasteiger partial charge on any atom is -0.477 e. The van der Waals surface area contributed by atoms with E-state index in [9.17, 15) is 28.0 Å². The number of nitrogens with one attached hydrogen (secondary N) is 2. The zero-order valence-corrected chi connectivity index (χ0v) is 25.5. The fourth-order valence-electron chi connectivity index (χ4n) is 5.58. The third-order valence-electron chi connectivity index (χ3n) is 8.10. The van der Waals surface area contributed by atoms with Crippen LogP contribution in [0.2, 0.25) is 0 Å². The van der Waals surface area contributed by atoms with Crippen LogP contribution in [0.15, 0.2) is 66.7 Å². The summed E-state index contributed by atoms with van der Waals surface area (Å²) in [5.41, 5.74) is 1.11. The summed E-state index contributed by atoms with van der Waals surface area (Å²) < 4.78 is 38.9. The second-order valence-corrected chi connectivity index (χ2v) is 10.9.